The second-order valence-corrected chi connectivity index (χ2v) is 2.49. The number of hydrogen-bond donors (Lipinski definition) is 0. The maximum Gasteiger partial charge on any atom is 0.253 e. The molecule has 0 spiro atoms. The van der Waals surface area contributed by atoms with Crippen molar-refractivity contribution < 1.29 is 17.0 Å². The molecule has 0 bridgehead atoms. The summed E-state index contributed by atoms with van der Waals surface area (Å²) in [5.74, 6) is 1.28. The van der Waals surface area contributed by atoms with E-state index in [2.05, 4.69) is 43.3 Å². The van der Waals surface area contributed by atoms with E-state index >= 15 is 0 Å². The minimum absolute atomic E-state index is 0. The first-order valence-corrected chi connectivity index (χ1v) is 3.11. The monoisotopic (exact) mass is 160 g/mol. The van der Waals surface area contributed by atoms with Crippen LogP contribution in [0.5, 0.6) is 0 Å². The van der Waals surface area contributed by atoms with Gasteiger partial charge in [0.25, 0.3) is 5.82 Å². The van der Waals surface area contributed by atoms with Crippen molar-refractivity contribution in [2.45, 2.75) is 13.8 Å². The lowest BCUT2D eigenvalue weighted by atomic mass is 10.5. The molecule has 0 fully saturated rings. The Morgan fingerprint density at radius 3 is 2.00 bits per heavy atom. The zero-order valence-electron chi connectivity index (χ0n) is 6.85. The number of rotatable bonds is 0. The summed E-state index contributed by atoms with van der Waals surface area (Å²) in [5, 5.41) is 0. The first-order chi connectivity index (χ1) is 4.13. The van der Waals surface area contributed by atoms with E-state index in [-0.39, 0.29) is 12.4 Å². The standard InChI is InChI=1S/C7H13N2.ClH/c1-6-5-8(3)7(2)9(6)4;/h5H,1-4H3;1H/q+1;/p-1. The Kier molecular flexibility index (Phi) is 2.91. The van der Waals surface area contributed by atoms with Gasteiger partial charge in [-0.1, -0.05) is 0 Å². The predicted molar refractivity (Wildman–Crippen MR) is 36.1 cm³/mol. The van der Waals surface area contributed by atoms with Gasteiger partial charge in [-0.2, -0.15) is 0 Å². The average Bonchev–Trinajstić information content (AvgIpc) is 1.98. The Morgan fingerprint density at radius 1 is 1.40 bits per heavy atom. The maximum atomic E-state index is 2.17. The zero-order chi connectivity index (χ0) is 7.02. The van der Waals surface area contributed by atoms with Gasteiger partial charge in [-0.25, -0.2) is 9.13 Å². The van der Waals surface area contributed by atoms with E-state index in [0.29, 0.717) is 0 Å². The number of aromatic nitrogens is 2. The summed E-state index contributed by atoms with van der Waals surface area (Å²) in [6, 6.07) is 0. The van der Waals surface area contributed by atoms with Crippen molar-refractivity contribution in [1.29, 1.82) is 0 Å². The summed E-state index contributed by atoms with van der Waals surface area (Å²) < 4.78 is 4.29. The molecule has 3 heteroatoms. The van der Waals surface area contributed by atoms with E-state index in [9.17, 15) is 0 Å². The molecule has 0 atom stereocenters. The second-order valence-electron chi connectivity index (χ2n) is 2.49. The van der Waals surface area contributed by atoms with E-state index in [1.807, 2.05) is 0 Å². The molecule has 1 rings (SSSR count). The third kappa shape index (κ3) is 1.32. The molecule has 1 aromatic rings. The van der Waals surface area contributed by atoms with Gasteiger partial charge in [0.1, 0.15) is 11.9 Å². The van der Waals surface area contributed by atoms with Crippen molar-refractivity contribution in [1.82, 2.24) is 4.57 Å². The molecule has 0 radical (unpaired) electrons. The molecule has 1 heterocycles. The van der Waals surface area contributed by atoms with Gasteiger partial charge < -0.3 is 12.4 Å². The largest absolute Gasteiger partial charge is 1.00 e. The van der Waals surface area contributed by atoms with Crippen LogP contribution in [0, 0.1) is 13.8 Å². The zero-order valence-corrected chi connectivity index (χ0v) is 7.61. The van der Waals surface area contributed by atoms with Crippen LogP contribution in [0.4, 0.5) is 0 Å². The molecule has 58 valence electrons. The molecule has 0 unspecified atom stereocenters. The molecule has 0 aliphatic carbocycles. The van der Waals surface area contributed by atoms with E-state index in [0.717, 1.165) is 0 Å². The highest BCUT2D eigenvalue weighted by Crippen LogP contribution is 1.94. The van der Waals surface area contributed by atoms with E-state index < -0.39 is 0 Å². The first-order valence-electron chi connectivity index (χ1n) is 3.11. The van der Waals surface area contributed by atoms with Crippen LogP contribution in [0.25, 0.3) is 0 Å². The second kappa shape index (κ2) is 3.06. The number of hydrogen-bond acceptors (Lipinski definition) is 0. The molecule has 0 saturated carbocycles. The van der Waals surface area contributed by atoms with E-state index in [4.69, 9.17) is 0 Å². The number of aryl methyl sites for hydroxylation is 2. The quantitative estimate of drug-likeness (QED) is 0.371. The van der Waals surface area contributed by atoms with Crippen LogP contribution in [0.15, 0.2) is 6.20 Å². The lowest BCUT2D eigenvalue weighted by molar-refractivity contribution is -0.677. The Hall–Kier alpha value is -0.500. The molecule has 10 heavy (non-hydrogen) atoms. The lowest BCUT2D eigenvalue weighted by Gasteiger charge is -1.87. The van der Waals surface area contributed by atoms with Crippen LogP contribution in [0.3, 0.4) is 0 Å². The third-order valence-electron chi connectivity index (χ3n) is 1.91. The molecule has 0 N–H and O–H groups in total. The Bertz CT molecular complexity index is 205. The summed E-state index contributed by atoms with van der Waals surface area (Å²) in [4.78, 5) is 0. The van der Waals surface area contributed by atoms with Crippen molar-refractivity contribution in [2.24, 2.45) is 14.1 Å². The minimum atomic E-state index is 0. The fraction of sp³-hybridized carbons (Fsp3) is 0.571. The van der Waals surface area contributed by atoms with Crippen molar-refractivity contribution in [3.05, 3.63) is 17.7 Å². The minimum Gasteiger partial charge on any atom is -1.00 e. The summed E-state index contributed by atoms with van der Waals surface area (Å²) in [6.07, 6.45) is 2.12. The van der Waals surface area contributed by atoms with Gasteiger partial charge in [-0.3, -0.25) is 0 Å². The van der Waals surface area contributed by atoms with Crippen LogP contribution in [-0.4, -0.2) is 4.57 Å². The van der Waals surface area contributed by atoms with Crippen molar-refractivity contribution >= 4 is 0 Å². The van der Waals surface area contributed by atoms with Gasteiger partial charge in [-0.05, 0) is 0 Å². The van der Waals surface area contributed by atoms with Gasteiger partial charge in [0.2, 0.25) is 0 Å². The topological polar surface area (TPSA) is 8.81 Å². The van der Waals surface area contributed by atoms with Gasteiger partial charge >= 0.3 is 0 Å². The van der Waals surface area contributed by atoms with Gasteiger partial charge in [-0.15, -0.1) is 0 Å². The van der Waals surface area contributed by atoms with E-state index in [1.165, 1.54) is 11.5 Å². The van der Waals surface area contributed by atoms with Crippen LogP contribution in [-0.2, 0) is 14.1 Å². The highest BCUT2D eigenvalue weighted by Gasteiger charge is 2.07. The molecular formula is C7H13ClN2. The number of imidazole rings is 1. The summed E-state index contributed by atoms with van der Waals surface area (Å²) in [6.45, 7) is 4.21. The molecular weight excluding hydrogens is 148 g/mol. The summed E-state index contributed by atoms with van der Waals surface area (Å²) in [7, 11) is 4.13. The van der Waals surface area contributed by atoms with Gasteiger partial charge in [0, 0.05) is 13.8 Å². The van der Waals surface area contributed by atoms with Crippen LogP contribution >= 0.6 is 0 Å². The fourth-order valence-corrected chi connectivity index (χ4v) is 0.952. The van der Waals surface area contributed by atoms with Crippen LogP contribution < -0.4 is 17.0 Å². The molecule has 0 saturated heterocycles. The molecule has 2 nitrogen and oxygen atoms in total. The van der Waals surface area contributed by atoms with Gasteiger partial charge in [0.05, 0.1) is 14.1 Å². The van der Waals surface area contributed by atoms with Crippen molar-refractivity contribution in [3.63, 3.8) is 0 Å². The average molecular weight is 161 g/mol. The van der Waals surface area contributed by atoms with Crippen LogP contribution in [0.2, 0.25) is 0 Å². The molecule has 1 aromatic heterocycles. The number of halogens is 1. The predicted octanol–water partition coefficient (Wildman–Crippen LogP) is -2.53. The van der Waals surface area contributed by atoms with Crippen molar-refractivity contribution in [2.75, 3.05) is 0 Å². The molecule has 0 aromatic carbocycles. The normalized spacial score (nSPS) is 9.20. The lowest BCUT2D eigenvalue weighted by Crippen LogP contribution is -3.00. The molecule has 0 amide bonds. The SMILES string of the molecule is Cc1c[n+](C)c(C)n1C.[Cl-]. The summed E-state index contributed by atoms with van der Waals surface area (Å²) >= 11 is 0. The molecule has 0 aliphatic heterocycles. The van der Waals surface area contributed by atoms with Gasteiger partial charge in [0.15, 0.2) is 0 Å². The fourth-order valence-electron chi connectivity index (χ4n) is 0.952. The van der Waals surface area contributed by atoms with Crippen molar-refractivity contribution in [3.8, 4) is 0 Å². The smallest absolute Gasteiger partial charge is 0.253 e. The highest BCUT2D eigenvalue weighted by molar-refractivity contribution is 4.92. The van der Waals surface area contributed by atoms with Crippen LogP contribution in [0.1, 0.15) is 11.5 Å². The molecule has 0 aliphatic rings. The van der Waals surface area contributed by atoms with E-state index in [1.54, 1.807) is 0 Å². The highest BCUT2D eigenvalue weighted by atomic mass is 35.5. The maximum absolute atomic E-state index is 2.17. The number of nitrogens with zero attached hydrogens (tertiary/aromatic N) is 2. The Morgan fingerprint density at radius 2 is 1.90 bits per heavy atom. The Labute approximate surface area is 67.9 Å². The summed E-state index contributed by atoms with van der Waals surface area (Å²) in [5.41, 5.74) is 1.30. The Balaban J connectivity index is 0.000000810. The first kappa shape index (κ1) is 9.50. The third-order valence-corrected chi connectivity index (χ3v) is 1.91.